The van der Waals surface area contributed by atoms with Crippen LogP contribution < -0.4 is 10.2 Å². The molecule has 3 unspecified atom stereocenters. The van der Waals surface area contributed by atoms with E-state index in [0.717, 1.165) is 83.5 Å². The maximum absolute atomic E-state index is 13.5. The SMILES string of the molecule is CCCCC/C=C\C/C=C\C/C=C\CCCCCCCCC(=O)OC(/C=C/CCCCCCCCCCCC)C(COP(=O)([O-])OCC[N+](C)(C)C)NC(=O)CCCCCCCCCCCCCCC. The van der Waals surface area contributed by atoms with Crippen LogP contribution in [0.25, 0.3) is 0 Å². The lowest BCUT2D eigenvalue weighted by Gasteiger charge is -2.30. The van der Waals surface area contributed by atoms with Gasteiger partial charge in [-0.05, 0) is 70.3 Å². The minimum Gasteiger partial charge on any atom is -0.756 e. The number of quaternary nitrogens is 1. The second-order valence-electron chi connectivity index (χ2n) is 21.2. The van der Waals surface area contributed by atoms with Gasteiger partial charge in [0.2, 0.25) is 5.91 Å². The van der Waals surface area contributed by atoms with E-state index in [9.17, 15) is 19.0 Å². The van der Waals surface area contributed by atoms with E-state index in [-0.39, 0.29) is 24.9 Å². The third kappa shape index (κ3) is 50.9. The van der Waals surface area contributed by atoms with Crippen molar-refractivity contribution < 1.29 is 37.3 Å². The maximum Gasteiger partial charge on any atom is 0.306 e. The van der Waals surface area contributed by atoms with Gasteiger partial charge in [0, 0.05) is 12.8 Å². The van der Waals surface area contributed by atoms with Crippen LogP contribution in [0.15, 0.2) is 48.6 Å². The lowest BCUT2D eigenvalue weighted by atomic mass is 10.0. The van der Waals surface area contributed by atoms with Crippen molar-refractivity contribution in [2.24, 2.45) is 0 Å². The molecule has 0 heterocycles. The number of allylic oxidation sites excluding steroid dienone is 7. The Hall–Kier alpha value is -2.03. The largest absolute Gasteiger partial charge is 0.756 e. The first-order valence-electron chi connectivity index (χ1n) is 29.4. The molecule has 9 nitrogen and oxygen atoms in total. The zero-order valence-electron chi connectivity index (χ0n) is 46.7. The fourth-order valence-electron chi connectivity index (χ4n) is 8.41. The molecule has 0 bridgehead atoms. The van der Waals surface area contributed by atoms with Crippen LogP contribution in [0.5, 0.6) is 0 Å². The van der Waals surface area contributed by atoms with Gasteiger partial charge < -0.3 is 28.5 Å². The van der Waals surface area contributed by atoms with Crippen molar-refractivity contribution in [3.63, 3.8) is 0 Å². The van der Waals surface area contributed by atoms with Crippen LogP contribution >= 0.6 is 7.82 Å². The number of hydrogen-bond acceptors (Lipinski definition) is 7. The molecule has 410 valence electrons. The van der Waals surface area contributed by atoms with Crippen molar-refractivity contribution in [3.8, 4) is 0 Å². The van der Waals surface area contributed by atoms with Crippen LogP contribution in [0.2, 0.25) is 0 Å². The first-order valence-corrected chi connectivity index (χ1v) is 30.9. The van der Waals surface area contributed by atoms with Crippen molar-refractivity contribution in [2.45, 2.75) is 283 Å². The van der Waals surface area contributed by atoms with Gasteiger partial charge in [-0.1, -0.05) is 237 Å². The number of likely N-dealkylation sites (N-methyl/N-ethyl adjacent to an activating group) is 1. The molecule has 70 heavy (non-hydrogen) atoms. The van der Waals surface area contributed by atoms with Gasteiger partial charge in [0.1, 0.15) is 19.3 Å². The summed E-state index contributed by atoms with van der Waals surface area (Å²) in [6, 6.07) is -0.890. The average molecular weight is 1010 g/mol. The Labute approximate surface area is 433 Å². The minimum atomic E-state index is -4.69. The molecule has 0 spiro atoms. The summed E-state index contributed by atoms with van der Waals surface area (Å²) in [4.78, 5) is 39.9. The summed E-state index contributed by atoms with van der Waals surface area (Å²) in [7, 11) is 1.18. The van der Waals surface area contributed by atoms with E-state index in [1.54, 1.807) is 0 Å². The highest BCUT2D eigenvalue weighted by molar-refractivity contribution is 7.45. The predicted octanol–water partition coefficient (Wildman–Crippen LogP) is 17.1. The van der Waals surface area contributed by atoms with Crippen LogP contribution in [0, 0.1) is 0 Å². The molecule has 1 amide bonds. The summed E-state index contributed by atoms with van der Waals surface area (Å²) in [5, 5.41) is 3.02. The van der Waals surface area contributed by atoms with Gasteiger partial charge in [-0.25, -0.2) is 0 Å². The number of nitrogens with one attached hydrogen (secondary N) is 1. The summed E-state index contributed by atoms with van der Waals surface area (Å²) in [6.45, 7) is 6.81. The topological polar surface area (TPSA) is 114 Å². The van der Waals surface area contributed by atoms with E-state index in [1.807, 2.05) is 33.3 Å². The number of phosphoric ester groups is 1. The minimum absolute atomic E-state index is 0.0237. The van der Waals surface area contributed by atoms with Crippen molar-refractivity contribution in [3.05, 3.63) is 48.6 Å². The molecule has 0 aromatic carbocycles. The number of nitrogens with zero attached hydrogens (tertiary/aromatic N) is 1. The van der Waals surface area contributed by atoms with Gasteiger partial charge in [-0.15, -0.1) is 0 Å². The normalized spacial score (nSPS) is 14.1. The standard InChI is InChI=1S/C60H113N2O7P/c1-7-10-13-16-19-22-25-28-29-30-31-32-33-35-38-41-44-47-50-53-60(64)69-58(51-48-45-42-39-36-27-24-21-18-15-12-9-3)57(56-68-70(65,66)67-55-54-62(4,5)6)61-59(63)52-49-46-43-40-37-34-26-23-20-17-14-11-8-2/h19,22,28-29,31-32,48,51,57-58H,7-18,20-21,23-27,30,33-47,49-50,52-56H2,1-6H3,(H-,61,63,65,66)/b22-19-,29-28-,32-31-,51-48+. The fraction of sp³-hybridized carbons (Fsp3) is 0.833. The molecule has 1 N–H and O–H groups in total. The third-order valence-electron chi connectivity index (χ3n) is 13.0. The number of carbonyl (C=O) groups excluding carboxylic acids is 2. The number of rotatable bonds is 53. The number of unbranched alkanes of at least 4 members (excludes halogenated alkanes) is 31. The molecule has 0 aromatic heterocycles. The number of phosphoric acid groups is 1. The Kier molecular flexibility index (Phi) is 49.0. The highest BCUT2D eigenvalue weighted by atomic mass is 31.2. The molecule has 0 radical (unpaired) electrons. The zero-order valence-corrected chi connectivity index (χ0v) is 47.6. The molecule has 0 fully saturated rings. The molecule has 3 atom stereocenters. The van der Waals surface area contributed by atoms with Crippen molar-refractivity contribution in [1.82, 2.24) is 5.32 Å². The number of esters is 1. The Morgan fingerprint density at radius 1 is 0.500 bits per heavy atom. The van der Waals surface area contributed by atoms with Crippen LogP contribution in [-0.2, 0) is 27.9 Å². The fourth-order valence-corrected chi connectivity index (χ4v) is 9.13. The molecule has 0 saturated carbocycles. The van der Waals surface area contributed by atoms with Gasteiger partial charge in [0.25, 0.3) is 7.82 Å². The highest BCUT2D eigenvalue weighted by Crippen LogP contribution is 2.38. The van der Waals surface area contributed by atoms with E-state index >= 15 is 0 Å². The molecule has 0 aliphatic rings. The van der Waals surface area contributed by atoms with Gasteiger partial charge >= 0.3 is 5.97 Å². The highest BCUT2D eigenvalue weighted by Gasteiger charge is 2.27. The van der Waals surface area contributed by atoms with Crippen molar-refractivity contribution >= 4 is 19.7 Å². The molecular weight excluding hydrogens is 892 g/mol. The zero-order chi connectivity index (χ0) is 51.5. The molecule has 0 saturated heterocycles. The summed E-state index contributed by atoms with van der Waals surface area (Å²) in [5.74, 6) is -0.549. The van der Waals surface area contributed by atoms with Crippen molar-refractivity contribution in [2.75, 3.05) is 40.9 Å². The second-order valence-corrected chi connectivity index (χ2v) is 22.6. The molecule has 0 aliphatic heterocycles. The first kappa shape index (κ1) is 68.0. The molecular formula is C60H113N2O7P. The molecule has 0 rings (SSSR count). The Balaban J connectivity index is 5.32. The monoisotopic (exact) mass is 1000 g/mol. The van der Waals surface area contributed by atoms with Gasteiger partial charge in [-0.3, -0.25) is 14.2 Å². The third-order valence-corrected chi connectivity index (χ3v) is 14.0. The Morgan fingerprint density at radius 2 is 0.871 bits per heavy atom. The Morgan fingerprint density at radius 3 is 1.33 bits per heavy atom. The first-order chi connectivity index (χ1) is 33.9. The number of ether oxygens (including phenoxy) is 1. The van der Waals surface area contributed by atoms with Crippen molar-refractivity contribution in [1.29, 1.82) is 0 Å². The summed E-state index contributed by atoms with van der Waals surface area (Å²) < 4.78 is 30.2. The van der Waals surface area contributed by atoms with Crippen LogP contribution in [0.3, 0.4) is 0 Å². The van der Waals surface area contributed by atoms with E-state index < -0.39 is 26.6 Å². The predicted molar refractivity (Wildman–Crippen MR) is 298 cm³/mol. The maximum atomic E-state index is 13.5. The second kappa shape index (κ2) is 50.5. The Bertz CT molecular complexity index is 1340. The van der Waals surface area contributed by atoms with Gasteiger partial charge in [-0.2, -0.15) is 0 Å². The van der Waals surface area contributed by atoms with Crippen LogP contribution in [0.1, 0.15) is 271 Å². The van der Waals surface area contributed by atoms with Crippen LogP contribution in [-0.4, -0.2) is 69.4 Å². The molecule has 10 heteroatoms. The van der Waals surface area contributed by atoms with E-state index in [0.29, 0.717) is 17.4 Å². The van der Waals surface area contributed by atoms with E-state index in [4.69, 9.17) is 13.8 Å². The summed E-state index contributed by atoms with van der Waals surface area (Å²) >= 11 is 0. The number of hydrogen-bond donors (Lipinski definition) is 1. The lowest BCUT2D eigenvalue weighted by molar-refractivity contribution is -0.870. The van der Waals surface area contributed by atoms with E-state index in [2.05, 4.69) is 62.5 Å². The van der Waals surface area contributed by atoms with Crippen LogP contribution in [0.4, 0.5) is 0 Å². The molecule has 0 aliphatic carbocycles. The smallest absolute Gasteiger partial charge is 0.306 e. The summed E-state index contributed by atoms with van der Waals surface area (Å²) in [6.07, 6.45) is 60.6. The van der Waals surface area contributed by atoms with E-state index in [1.165, 1.54) is 154 Å². The lowest BCUT2D eigenvalue weighted by Crippen LogP contribution is -2.47. The average Bonchev–Trinajstić information content (AvgIpc) is 3.32. The number of carbonyl (C=O) groups is 2. The van der Waals surface area contributed by atoms with Gasteiger partial charge in [0.15, 0.2) is 0 Å². The quantitative estimate of drug-likeness (QED) is 0.0212. The van der Waals surface area contributed by atoms with Gasteiger partial charge in [0.05, 0.1) is 33.8 Å². The number of amides is 1. The summed E-state index contributed by atoms with van der Waals surface area (Å²) in [5.41, 5.74) is 0. The molecule has 0 aromatic rings.